The molecule has 94 valence electrons. The van der Waals surface area contributed by atoms with Crippen LogP contribution in [0.25, 0.3) is 0 Å². The molecule has 3 nitrogen and oxygen atoms in total. The van der Waals surface area contributed by atoms with Gasteiger partial charge in [-0.15, -0.1) is 0 Å². The summed E-state index contributed by atoms with van der Waals surface area (Å²) in [6.07, 6.45) is 0.918. The number of aryl methyl sites for hydroxylation is 1. The molecule has 0 aliphatic heterocycles. The van der Waals surface area contributed by atoms with E-state index in [0.29, 0.717) is 23.6 Å². The number of benzene rings is 1. The van der Waals surface area contributed by atoms with Gasteiger partial charge in [-0.1, -0.05) is 31.5 Å². The van der Waals surface area contributed by atoms with E-state index < -0.39 is 0 Å². The molecule has 17 heavy (non-hydrogen) atoms. The number of rotatable bonds is 4. The lowest BCUT2D eigenvalue weighted by molar-refractivity contribution is 0.0952. The van der Waals surface area contributed by atoms with Crippen molar-refractivity contribution in [1.82, 2.24) is 5.32 Å². The van der Waals surface area contributed by atoms with Crippen LogP contribution in [0.4, 0.5) is 0 Å². The van der Waals surface area contributed by atoms with Crippen LogP contribution in [0.3, 0.4) is 0 Å². The van der Waals surface area contributed by atoms with Crippen molar-refractivity contribution < 1.29 is 9.90 Å². The zero-order valence-corrected chi connectivity index (χ0v) is 11.1. The second-order valence-corrected chi connectivity index (χ2v) is 4.91. The fraction of sp³-hybridized carbons (Fsp3) is 0.462. The minimum absolute atomic E-state index is 0.0248. The third-order valence-electron chi connectivity index (χ3n) is 2.57. The van der Waals surface area contributed by atoms with E-state index in [9.17, 15) is 9.90 Å². The number of nitrogens with one attached hydrogen (secondary N) is 1. The van der Waals surface area contributed by atoms with Crippen LogP contribution in [0.15, 0.2) is 12.1 Å². The van der Waals surface area contributed by atoms with Crippen LogP contribution in [0.2, 0.25) is 5.02 Å². The zero-order valence-electron chi connectivity index (χ0n) is 10.4. The van der Waals surface area contributed by atoms with E-state index in [1.807, 2.05) is 0 Å². The van der Waals surface area contributed by atoms with Crippen LogP contribution in [0.1, 0.15) is 36.2 Å². The van der Waals surface area contributed by atoms with Crippen molar-refractivity contribution in [3.63, 3.8) is 0 Å². The maximum atomic E-state index is 11.8. The van der Waals surface area contributed by atoms with Crippen molar-refractivity contribution in [1.29, 1.82) is 0 Å². The summed E-state index contributed by atoms with van der Waals surface area (Å²) < 4.78 is 0. The molecule has 2 N–H and O–H groups in total. The highest BCUT2D eigenvalue weighted by Gasteiger charge is 2.14. The molecular formula is C13H18ClNO2. The maximum Gasteiger partial charge on any atom is 0.252 e. The lowest BCUT2D eigenvalue weighted by Gasteiger charge is -2.10. The molecule has 1 amide bonds. The number of hydrogen-bond acceptors (Lipinski definition) is 2. The Balaban J connectivity index is 2.73. The summed E-state index contributed by atoms with van der Waals surface area (Å²) in [7, 11) is 0. The normalized spacial score (nSPS) is 10.6. The minimum atomic E-state index is -0.244. The molecule has 0 bridgehead atoms. The van der Waals surface area contributed by atoms with Crippen molar-refractivity contribution in [2.24, 2.45) is 5.92 Å². The SMILES string of the molecule is Cc1ccc(C(=O)NCCC(C)C)c(Cl)c1O. The summed E-state index contributed by atoms with van der Waals surface area (Å²) >= 11 is 5.92. The highest BCUT2D eigenvalue weighted by Crippen LogP contribution is 2.30. The van der Waals surface area contributed by atoms with Gasteiger partial charge in [0.25, 0.3) is 5.91 Å². The second kappa shape index (κ2) is 5.92. The molecule has 1 aromatic rings. The zero-order chi connectivity index (χ0) is 13.0. The molecule has 1 rings (SSSR count). The van der Waals surface area contributed by atoms with Gasteiger partial charge in [0, 0.05) is 6.54 Å². The number of carbonyl (C=O) groups excluding carboxylic acids is 1. The van der Waals surface area contributed by atoms with Crippen LogP contribution in [-0.4, -0.2) is 17.6 Å². The van der Waals surface area contributed by atoms with Gasteiger partial charge < -0.3 is 10.4 Å². The lowest BCUT2D eigenvalue weighted by Crippen LogP contribution is -2.25. The number of phenolic OH excluding ortho intramolecular Hbond substituents is 1. The van der Waals surface area contributed by atoms with Gasteiger partial charge in [-0.25, -0.2) is 0 Å². The van der Waals surface area contributed by atoms with Crippen molar-refractivity contribution in [3.8, 4) is 5.75 Å². The first-order valence-corrected chi connectivity index (χ1v) is 6.07. The van der Waals surface area contributed by atoms with Crippen molar-refractivity contribution in [2.45, 2.75) is 27.2 Å². The highest BCUT2D eigenvalue weighted by molar-refractivity contribution is 6.35. The molecule has 4 heteroatoms. The average molecular weight is 256 g/mol. The van der Waals surface area contributed by atoms with Gasteiger partial charge in [0.1, 0.15) is 5.75 Å². The molecule has 0 radical (unpaired) electrons. The van der Waals surface area contributed by atoms with Gasteiger partial charge >= 0.3 is 0 Å². The van der Waals surface area contributed by atoms with E-state index in [1.165, 1.54) is 0 Å². The molecule has 0 unspecified atom stereocenters. The van der Waals surface area contributed by atoms with E-state index in [4.69, 9.17) is 11.6 Å². The fourth-order valence-electron chi connectivity index (χ4n) is 1.41. The molecule has 0 aliphatic rings. The molecule has 1 aromatic carbocycles. The van der Waals surface area contributed by atoms with Crippen LogP contribution in [0, 0.1) is 12.8 Å². The molecule has 0 aromatic heterocycles. The Hall–Kier alpha value is -1.22. The smallest absolute Gasteiger partial charge is 0.252 e. The number of hydrogen-bond donors (Lipinski definition) is 2. The van der Waals surface area contributed by atoms with E-state index in [0.717, 1.165) is 6.42 Å². The first kappa shape index (κ1) is 13.8. The third-order valence-corrected chi connectivity index (χ3v) is 2.95. The van der Waals surface area contributed by atoms with E-state index >= 15 is 0 Å². The van der Waals surface area contributed by atoms with Gasteiger partial charge in [-0.05, 0) is 30.9 Å². The molecule has 0 aliphatic carbocycles. The Labute approximate surface area is 107 Å². The second-order valence-electron chi connectivity index (χ2n) is 4.53. The molecule has 0 saturated carbocycles. The molecule has 0 spiro atoms. The number of amides is 1. The molecule has 0 heterocycles. The Bertz CT molecular complexity index is 416. The lowest BCUT2D eigenvalue weighted by atomic mass is 10.1. The van der Waals surface area contributed by atoms with Crippen molar-refractivity contribution in [2.75, 3.05) is 6.54 Å². The Kier molecular flexibility index (Phi) is 4.82. The summed E-state index contributed by atoms with van der Waals surface area (Å²) in [6.45, 7) is 6.54. The number of carbonyl (C=O) groups is 1. The van der Waals surface area contributed by atoms with E-state index in [2.05, 4.69) is 19.2 Å². The quantitative estimate of drug-likeness (QED) is 0.868. The van der Waals surface area contributed by atoms with Crippen LogP contribution in [-0.2, 0) is 0 Å². The van der Waals surface area contributed by atoms with Crippen molar-refractivity contribution in [3.05, 3.63) is 28.3 Å². The van der Waals surface area contributed by atoms with Crippen LogP contribution in [0.5, 0.6) is 5.75 Å². The summed E-state index contributed by atoms with van der Waals surface area (Å²) in [5.74, 6) is 0.270. The number of phenols is 1. The molecule has 0 saturated heterocycles. The monoisotopic (exact) mass is 255 g/mol. The molecule has 0 fully saturated rings. The first-order valence-electron chi connectivity index (χ1n) is 5.69. The summed E-state index contributed by atoms with van der Waals surface area (Å²) in [5.41, 5.74) is 0.979. The van der Waals surface area contributed by atoms with E-state index in [1.54, 1.807) is 19.1 Å². The predicted molar refractivity (Wildman–Crippen MR) is 69.6 cm³/mol. The van der Waals surface area contributed by atoms with Gasteiger partial charge in [0.15, 0.2) is 0 Å². The topological polar surface area (TPSA) is 49.3 Å². The standard InChI is InChI=1S/C13H18ClNO2/c1-8(2)6-7-15-13(17)10-5-4-9(3)12(16)11(10)14/h4-5,8,16H,6-7H2,1-3H3,(H,15,17). The van der Waals surface area contributed by atoms with Crippen molar-refractivity contribution >= 4 is 17.5 Å². The number of aromatic hydroxyl groups is 1. The fourth-order valence-corrected chi connectivity index (χ4v) is 1.70. The van der Waals surface area contributed by atoms with Gasteiger partial charge in [-0.2, -0.15) is 0 Å². The number of halogens is 1. The Morgan fingerprint density at radius 1 is 1.47 bits per heavy atom. The summed E-state index contributed by atoms with van der Waals surface area (Å²) in [5, 5.41) is 12.5. The summed E-state index contributed by atoms with van der Waals surface area (Å²) in [4.78, 5) is 11.8. The maximum absolute atomic E-state index is 11.8. The van der Waals surface area contributed by atoms with Gasteiger partial charge in [0.05, 0.1) is 10.6 Å². The van der Waals surface area contributed by atoms with Crippen LogP contribution < -0.4 is 5.32 Å². The Morgan fingerprint density at radius 3 is 2.71 bits per heavy atom. The molecule has 0 atom stereocenters. The first-order chi connectivity index (χ1) is 7.93. The summed E-state index contributed by atoms with van der Waals surface area (Å²) in [6, 6.07) is 3.31. The third kappa shape index (κ3) is 3.63. The van der Waals surface area contributed by atoms with Crippen LogP contribution >= 0.6 is 11.6 Å². The molecular weight excluding hydrogens is 238 g/mol. The minimum Gasteiger partial charge on any atom is -0.506 e. The Morgan fingerprint density at radius 2 is 2.12 bits per heavy atom. The largest absolute Gasteiger partial charge is 0.506 e. The predicted octanol–water partition coefficient (Wildman–Crippen LogP) is 3.13. The van der Waals surface area contributed by atoms with E-state index in [-0.39, 0.29) is 16.7 Å². The van der Waals surface area contributed by atoms with Gasteiger partial charge in [-0.3, -0.25) is 4.79 Å². The highest BCUT2D eigenvalue weighted by atomic mass is 35.5. The average Bonchev–Trinajstić information content (AvgIpc) is 2.25. The van der Waals surface area contributed by atoms with Gasteiger partial charge in [0.2, 0.25) is 0 Å².